The van der Waals surface area contributed by atoms with Crippen LogP contribution >= 0.6 is 0 Å². The molecule has 0 radical (unpaired) electrons. The maximum Gasteiger partial charge on any atom is 0.0921 e. The van der Waals surface area contributed by atoms with Crippen molar-refractivity contribution in [2.75, 3.05) is 0 Å². The molecule has 21 heavy (non-hydrogen) atoms. The first kappa shape index (κ1) is 12.3. The van der Waals surface area contributed by atoms with Crippen LogP contribution in [0, 0.1) is 5.92 Å². The number of nitrogens with zero attached hydrogens (tertiary/aromatic N) is 2. The maximum atomic E-state index is 4.66. The van der Waals surface area contributed by atoms with Crippen molar-refractivity contribution in [2.45, 2.75) is 18.8 Å². The molecular weight excluding hydrogens is 258 g/mol. The molecular formula is C18H17N3. The Labute approximate surface area is 124 Å². The Morgan fingerprint density at radius 2 is 1.86 bits per heavy atom. The minimum absolute atomic E-state index is 0.407. The van der Waals surface area contributed by atoms with E-state index in [1.807, 2.05) is 30.6 Å². The highest BCUT2D eigenvalue weighted by atomic mass is 14.9. The first-order valence-electron chi connectivity index (χ1n) is 7.41. The van der Waals surface area contributed by atoms with Gasteiger partial charge in [-0.05, 0) is 30.4 Å². The SMILES string of the molecule is c1ccc(-c2ccc(C(c3cnc[nH]3)C3CC3)cn2)cc1. The molecule has 4 rings (SSSR count). The lowest BCUT2D eigenvalue weighted by Gasteiger charge is -2.15. The molecule has 3 aromatic rings. The van der Waals surface area contributed by atoms with Crippen molar-refractivity contribution in [1.82, 2.24) is 15.0 Å². The lowest BCUT2D eigenvalue weighted by Crippen LogP contribution is -2.04. The highest BCUT2D eigenvalue weighted by molar-refractivity contribution is 5.58. The molecule has 0 aliphatic heterocycles. The lowest BCUT2D eigenvalue weighted by atomic mass is 9.92. The van der Waals surface area contributed by atoms with Gasteiger partial charge in [0.25, 0.3) is 0 Å². The summed E-state index contributed by atoms with van der Waals surface area (Å²) in [4.78, 5) is 12.1. The smallest absolute Gasteiger partial charge is 0.0921 e. The Hall–Kier alpha value is -2.42. The topological polar surface area (TPSA) is 41.6 Å². The number of aromatic nitrogens is 3. The van der Waals surface area contributed by atoms with Crippen LogP contribution < -0.4 is 0 Å². The van der Waals surface area contributed by atoms with E-state index in [4.69, 9.17) is 0 Å². The third-order valence-corrected chi connectivity index (χ3v) is 4.16. The molecule has 1 fully saturated rings. The minimum Gasteiger partial charge on any atom is -0.348 e. The molecule has 1 aliphatic rings. The molecule has 1 aliphatic carbocycles. The number of pyridine rings is 1. The van der Waals surface area contributed by atoms with Gasteiger partial charge in [0.15, 0.2) is 0 Å². The van der Waals surface area contributed by atoms with Crippen molar-refractivity contribution in [3.05, 3.63) is 72.4 Å². The van der Waals surface area contributed by atoms with E-state index in [0.29, 0.717) is 5.92 Å². The van der Waals surface area contributed by atoms with Crippen molar-refractivity contribution in [2.24, 2.45) is 5.92 Å². The quantitative estimate of drug-likeness (QED) is 0.781. The predicted octanol–water partition coefficient (Wildman–Crippen LogP) is 4.01. The van der Waals surface area contributed by atoms with Gasteiger partial charge >= 0.3 is 0 Å². The van der Waals surface area contributed by atoms with Crippen molar-refractivity contribution in [3.63, 3.8) is 0 Å². The summed E-state index contributed by atoms with van der Waals surface area (Å²) < 4.78 is 0. The first-order valence-corrected chi connectivity index (χ1v) is 7.41. The Morgan fingerprint density at radius 3 is 2.48 bits per heavy atom. The van der Waals surface area contributed by atoms with Gasteiger partial charge < -0.3 is 4.98 Å². The molecule has 1 saturated carbocycles. The molecule has 1 atom stereocenters. The van der Waals surface area contributed by atoms with Gasteiger partial charge in [-0.3, -0.25) is 4.98 Å². The highest BCUT2D eigenvalue weighted by Crippen LogP contribution is 2.45. The van der Waals surface area contributed by atoms with Crippen molar-refractivity contribution in [1.29, 1.82) is 0 Å². The van der Waals surface area contributed by atoms with Gasteiger partial charge in [0.2, 0.25) is 0 Å². The van der Waals surface area contributed by atoms with Gasteiger partial charge in [0, 0.05) is 29.6 Å². The second kappa shape index (κ2) is 5.17. The number of rotatable bonds is 4. The fraction of sp³-hybridized carbons (Fsp3) is 0.222. The van der Waals surface area contributed by atoms with Crippen LogP contribution in [0.3, 0.4) is 0 Å². The fourth-order valence-corrected chi connectivity index (χ4v) is 2.94. The van der Waals surface area contributed by atoms with Crippen molar-refractivity contribution < 1.29 is 0 Å². The largest absolute Gasteiger partial charge is 0.348 e. The number of hydrogen-bond donors (Lipinski definition) is 1. The van der Waals surface area contributed by atoms with Crippen LogP contribution in [0.5, 0.6) is 0 Å². The molecule has 0 spiro atoms. The maximum absolute atomic E-state index is 4.66. The second-order valence-electron chi connectivity index (χ2n) is 5.66. The molecule has 1 unspecified atom stereocenters. The normalized spacial score (nSPS) is 15.8. The summed E-state index contributed by atoms with van der Waals surface area (Å²) in [6.07, 6.45) is 8.31. The van der Waals surface area contributed by atoms with Gasteiger partial charge in [-0.15, -0.1) is 0 Å². The van der Waals surface area contributed by atoms with E-state index in [9.17, 15) is 0 Å². The van der Waals surface area contributed by atoms with E-state index >= 15 is 0 Å². The Balaban J connectivity index is 1.66. The number of H-pyrrole nitrogens is 1. The molecule has 1 aromatic carbocycles. The summed E-state index contributed by atoms with van der Waals surface area (Å²) in [5, 5.41) is 0. The van der Waals surface area contributed by atoms with E-state index in [0.717, 1.165) is 17.2 Å². The number of imidazole rings is 1. The average molecular weight is 275 g/mol. The van der Waals surface area contributed by atoms with E-state index < -0.39 is 0 Å². The minimum atomic E-state index is 0.407. The van der Waals surface area contributed by atoms with E-state index in [1.165, 1.54) is 24.1 Å². The molecule has 104 valence electrons. The fourth-order valence-electron chi connectivity index (χ4n) is 2.94. The van der Waals surface area contributed by atoms with Gasteiger partial charge in [0.1, 0.15) is 0 Å². The van der Waals surface area contributed by atoms with E-state index in [2.05, 4.69) is 39.2 Å². The third kappa shape index (κ3) is 2.47. The lowest BCUT2D eigenvalue weighted by molar-refractivity contribution is 0.684. The zero-order chi connectivity index (χ0) is 14.1. The molecule has 1 N–H and O–H groups in total. The zero-order valence-corrected chi connectivity index (χ0v) is 11.7. The average Bonchev–Trinajstić information content (AvgIpc) is 3.23. The van der Waals surface area contributed by atoms with Crippen LogP contribution in [0.15, 0.2) is 61.2 Å². The summed E-state index contributed by atoms with van der Waals surface area (Å²) in [5.74, 6) is 1.14. The van der Waals surface area contributed by atoms with Gasteiger partial charge in [-0.1, -0.05) is 36.4 Å². The van der Waals surface area contributed by atoms with Crippen LogP contribution in [0.2, 0.25) is 0 Å². The number of nitrogens with one attached hydrogen (secondary N) is 1. The van der Waals surface area contributed by atoms with Crippen molar-refractivity contribution >= 4 is 0 Å². The monoisotopic (exact) mass is 275 g/mol. The van der Waals surface area contributed by atoms with E-state index in [-0.39, 0.29) is 0 Å². The standard InChI is InChI=1S/C18H17N3/c1-2-4-13(5-3-1)16-9-8-15(10-20-16)18(14-6-7-14)17-11-19-12-21-17/h1-5,8-12,14,18H,6-7H2,(H,19,21). The molecule has 3 heteroatoms. The number of hydrogen-bond acceptors (Lipinski definition) is 2. The highest BCUT2D eigenvalue weighted by Gasteiger charge is 2.34. The Bertz CT molecular complexity index is 698. The first-order chi connectivity index (χ1) is 10.4. The second-order valence-corrected chi connectivity index (χ2v) is 5.66. The van der Waals surface area contributed by atoms with Gasteiger partial charge in [-0.2, -0.15) is 0 Å². The van der Waals surface area contributed by atoms with Gasteiger partial charge in [-0.25, -0.2) is 4.98 Å². The molecule has 0 saturated heterocycles. The Morgan fingerprint density at radius 1 is 1.00 bits per heavy atom. The molecule has 2 aromatic heterocycles. The van der Waals surface area contributed by atoms with Crippen molar-refractivity contribution in [3.8, 4) is 11.3 Å². The summed E-state index contributed by atoms with van der Waals surface area (Å²) in [7, 11) is 0. The Kier molecular flexibility index (Phi) is 3.03. The zero-order valence-electron chi connectivity index (χ0n) is 11.7. The predicted molar refractivity (Wildman–Crippen MR) is 82.8 cm³/mol. The van der Waals surface area contributed by atoms with Crippen LogP contribution in [-0.2, 0) is 0 Å². The molecule has 3 nitrogen and oxygen atoms in total. The molecule has 0 bridgehead atoms. The molecule has 0 amide bonds. The van der Waals surface area contributed by atoms with E-state index in [1.54, 1.807) is 6.33 Å². The summed E-state index contributed by atoms with van der Waals surface area (Å²) in [6, 6.07) is 14.6. The summed E-state index contributed by atoms with van der Waals surface area (Å²) in [6.45, 7) is 0. The number of benzene rings is 1. The molecule has 2 heterocycles. The summed E-state index contributed by atoms with van der Waals surface area (Å²) >= 11 is 0. The van der Waals surface area contributed by atoms with Crippen LogP contribution in [0.4, 0.5) is 0 Å². The van der Waals surface area contributed by atoms with Crippen LogP contribution in [0.1, 0.15) is 30.0 Å². The van der Waals surface area contributed by atoms with Crippen LogP contribution in [-0.4, -0.2) is 15.0 Å². The van der Waals surface area contributed by atoms with Crippen LogP contribution in [0.25, 0.3) is 11.3 Å². The summed E-state index contributed by atoms with van der Waals surface area (Å²) in [5.41, 5.74) is 4.67. The van der Waals surface area contributed by atoms with Gasteiger partial charge in [0.05, 0.1) is 12.0 Å². The third-order valence-electron chi connectivity index (χ3n) is 4.16. The number of aromatic amines is 1.